The lowest BCUT2D eigenvalue weighted by atomic mass is 9.57. The van der Waals surface area contributed by atoms with Gasteiger partial charge in [-0.05, 0) is 53.9 Å². The SMILES string of the molecule is CC(C)CN1C[C@@H]2C[C@H]3CN(C(=O)c4ccccc4)[C@]2(C(=O)NCc2ccccc2)[C@@H]1[C@@H]3Cc1ccccc1. The van der Waals surface area contributed by atoms with Gasteiger partial charge in [0.2, 0.25) is 5.91 Å². The second-order valence-corrected chi connectivity index (χ2v) is 12.1. The molecule has 0 unspecified atom stereocenters. The number of hydrogen-bond donors (Lipinski definition) is 1. The summed E-state index contributed by atoms with van der Waals surface area (Å²) in [5.41, 5.74) is 2.16. The van der Waals surface area contributed by atoms with Crippen molar-refractivity contribution < 1.29 is 9.59 Å². The highest BCUT2D eigenvalue weighted by atomic mass is 16.2. The summed E-state index contributed by atoms with van der Waals surface area (Å²) in [6, 6.07) is 30.3. The van der Waals surface area contributed by atoms with Crippen LogP contribution in [0.4, 0.5) is 0 Å². The third kappa shape index (κ3) is 4.57. The number of amides is 2. The number of piperidine rings is 2. The minimum Gasteiger partial charge on any atom is -0.350 e. The molecule has 4 fully saturated rings. The van der Waals surface area contributed by atoms with Crippen molar-refractivity contribution in [3.05, 3.63) is 108 Å². The fraction of sp³-hybridized carbons (Fsp3) is 0.412. The molecular weight excluding hydrogens is 482 g/mol. The van der Waals surface area contributed by atoms with Gasteiger partial charge in [-0.2, -0.15) is 0 Å². The van der Waals surface area contributed by atoms with Gasteiger partial charge in [-0.25, -0.2) is 0 Å². The minimum atomic E-state index is -0.884. The van der Waals surface area contributed by atoms with Gasteiger partial charge in [-0.15, -0.1) is 0 Å². The molecule has 3 saturated heterocycles. The van der Waals surface area contributed by atoms with Gasteiger partial charge in [0.25, 0.3) is 5.91 Å². The lowest BCUT2D eigenvalue weighted by molar-refractivity contribution is -0.153. The molecule has 0 spiro atoms. The molecule has 39 heavy (non-hydrogen) atoms. The van der Waals surface area contributed by atoms with Gasteiger partial charge >= 0.3 is 0 Å². The lowest BCUT2D eigenvalue weighted by Gasteiger charge is -2.61. The Morgan fingerprint density at radius 2 is 1.49 bits per heavy atom. The molecule has 1 aliphatic carbocycles. The molecule has 3 heterocycles. The van der Waals surface area contributed by atoms with Crippen LogP contribution in [0, 0.1) is 23.7 Å². The Morgan fingerprint density at radius 1 is 0.872 bits per heavy atom. The van der Waals surface area contributed by atoms with Crippen molar-refractivity contribution in [3.8, 4) is 0 Å². The van der Waals surface area contributed by atoms with Gasteiger partial charge in [-0.1, -0.05) is 92.7 Å². The Labute approximate surface area is 232 Å². The summed E-state index contributed by atoms with van der Waals surface area (Å²) in [5, 5.41) is 3.32. The summed E-state index contributed by atoms with van der Waals surface area (Å²) in [5.74, 6) is 1.27. The average Bonchev–Trinajstić information content (AvgIpc) is 3.22. The molecule has 1 N–H and O–H groups in total. The average molecular weight is 522 g/mol. The zero-order chi connectivity index (χ0) is 27.0. The van der Waals surface area contributed by atoms with E-state index in [1.165, 1.54) is 5.56 Å². The number of likely N-dealkylation sites (tertiary alicyclic amines) is 1. The van der Waals surface area contributed by atoms with E-state index < -0.39 is 5.54 Å². The van der Waals surface area contributed by atoms with Gasteiger partial charge in [0.05, 0.1) is 0 Å². The first-order valence-electron chi connectivity index (χ1n) is 14.5. The van der Waals surface area contributed by atoms with E-state index in [2.05, 4.69) is 54.4 Å². The van der Waals surface area contributed by atoms with Crippen LogP contribution in [0.1, 0.15) is 41.8 Å². The van der Waals surface area contributed by atoms with Crippen molar-refractivity contribution in [2.45, 2.75) is 44.8 Å². The third-order valence-corrected chi connectivity index (χ3v) is 9.22. The molecule has 4 aliphatic rings. The summed E-state index contributed by atoms with van der Waals surface area (Å²) in [7, 11) is 0. The zero-order valence-electron chi connectivity index (χ0n) is 23.0. The van der Waals surface area contributed by atoms with Crippen LogP contribution in [-0.4, -0.2) is 52.8 Å². The van der Waals surface area contributed by atoms with Gasteiger partial charge in [0.1, 0.15) is 5.54 Å². The van der Waals surface area contributed by atoms with E-state index in [1.54, 1.807) is 0 Å². The second kappa shape index (κ2) is 10.6. The number of carbonyl (C=O) groups is 2. The number of hydrogen-bond acceptors (Lipinski definition) is 3. The number of nitrogens with one attached hydrogen (secondary N) is 1. The maximum Gasteiger partial charge on any atom is 0.254 e. The fourth-order valence-corrected chi connectivity index (χ4v) is 7.85. The summed E-state index contributed by atoms with van der Waals surface area (Å²) < 4.78 is 0. The largest absolute Gasteiger partial charge is 0.350 e. The summed E-state index contributed by atoms with van der Waals surface area (Å²) in [6.45, 7) is 7.39. The van der Waals surface area contributed by atoms with Crippen molar-refractivity contribution in [3.63, 3.8) is 0 Å². The molecule has 4 bridgehead atoms. The highest BCUT2D eigenvalue weighted by Crippen LogP contribution is 2.57. The van der Waals surface area contributed by atoms with Crippen LogP contribution in [-0.2, 0) is 17.8 Å². The summed E-state index contributed by atoms with van der Waals surface area (Å²) in [4.78, 5) is 33.4. The number of carbonyl (C=O) groups excluding carboxylic acids is 2. The standard InChI is InChI=1S/C34H39N3O2/c1-24(2)21-36-23-29-19-28-22-37(32(38)27-16-10-5-11-17-27)34(29,33(39)35-20-26-14-8-4-9-15-26)31(36)30(28)18-25-12-6-3-7-13-25/h3-17,24,28-31H,18-23H2,1-2H3,(H,35,39)/t28-,29-,30+,31-,34-/m0/s1. The number of benzene rings is 3. The van der Waals surface area contributed by atoms with Crippen molar-refractivity contribution in [1.82, 2.24) is 15.1 Å². The Bertz CT molecular complexity index is 1300. The maximum atomic E-state index is 14.7. The van der Waals surface area contributed by atoms with E-state index >= 15 is 0 Å². The Kier molecular flexibility index (Phi) is 7.03. The normalized spacial score (nSPS) is 27.6. The monoisotopic (exact) mass is 521 g/mol. The number of fused-ring (bicyclic) bond motifs is 1. The highest BCUT2D eigenvalue weighted by Gasteiger charge is 2.71. The van der Waals surface area contributed by atoms with Crippen LogP contribution in [0.3, 0.4) is 0 Å². The molecular formula is C34H39N3O2. The molecule has 0 aromatic heterocycles. The van der Waals surface area contributed by atoms with Crippen LogP contribution >= 0.6 is 0 Å². The van der Waals surface area contributed by atoms with Crippen molar-refractivity contribution in [2.75, 3.05) is 19.6 Å². The summed E-state index contributed by atoms with van der Waals surface area (Å²) >= 11 is 0. The Balaban J connectivity index is 1.43. The summed E-state index contributed by atoms with van der Waals surface area (Å²) in [6.07, 6.45) is 1.92. The fourth-order valence-electron chi connectivity index (χ4n) is 7.85. The van der Waals surface area contributed by atoms with Crippen molar-refractivity contribution >= 4 is 11.8 Å². The highest BCUT2D eigenvalue weighted by molar-refractivity contribution is 6.00. The first-order valence-corrected chi connectivity index (χ1v) is 14.5. The molecule has 3 aromatic rings. The lowest BCUT2D eigenvalue weighted by Crippen LogP contribution is -2.78. The van der Waals surface area contributed by atoms with E-state index in [4.69, 9.17) is 0 Å². The second-order valence-electron chi connectivity index (χ2n) is 12.1. The quantitative estimate of drug-likeness (QED) is 0.452. The van der Waals surface area contributed by atoms with Gasteiger partial charge in [0.15, 0.2) is 0 Å². The Hall–Kier alpha value is -3.44. The van der Waals surface area contributed by atoms with E-state index in [1.807, 2.05) is 65.6 Å². The molecule has 1 saturated carbocycles. The molecule has 7 rings (SSSR count). The van der Waals surface area contributed by atoms with Crippen LogP contribution in [0.5, 0.6) is 0 Å². The van der Waals surface area contributed by atoms with Crippen molar-refractivity contribution in [2.24, 2.45) is 23.7 Å². The predicted molar refractivity (Wildman–Crippen MR) is 154 cm³/mol. The molecule has 5 atom stereocenters. The first kappa shape index (κ1) is 25.8. The van der Waals surface area contributed by atoms with Gasteiger partial charge in [-0.3, -0.25) is 14.5 Å². The first-order chi connectivity index (χ1) is 19.0. The molecule has 5 nitrogen and oxygen atoms in total. The van der Waals surface area contributed by atoms with Gasteiger partial charge in [0, 0.05) is 43.7 Å². The topological polar surface area (TPSA) is 52.7 Å². The minimum absolute atomic E-state index is 0.00750. The van der Waals surface area contributed by atoms with E-state index in [0.29, 0.717) is 36.4 Å². The van der Waals surface area contributed by atoms with Crippen molar-refractivity contribution in [1.29, 1.82) is 0 Å². The molecule has 5 heteroatoms. The number of rotatable bonds is 8. The molecule has 2 amide bonds. The smallest absolute Gasteiger partial charge is 0.254 e. The van der Waals surface area contributed by atoms with Gasteiger partial charge < -0.3 is 10.2 Å². The third-order valence-electron chi connectivity index (χ3n) is 9.22. The van der Waals surface area contributed by atoms with Crippen LogP contribution in [0.25, 0.3) is 0 Å². The van der Waals surface area contributed by atoms with Crippen LogP contribution in [0.2, 0.25) is 0 Å². The predicted octanol–water partition coefficient (Wildman–Crippen LogP) is 5.03. The van der Waals surface area contributed by atoms with E-state index in [9.17, 15) is 9.59 Å². The number of nitrogens with zero attached hydrogens (tertiary/aromatic N) is 2. The Morgan fingerprint density at radius 3 is 2.13 bits per heavy atom. The van der Waals surface area contributed by atoms with Crippen LogP contribution in [0.15, 0.2) is 91.0 Å². The zero-order valence-corrected chi connectivity index (χ0v) is 23.0. The van der Waals surface area contributed by atoms with E-state index in [-0.39, 0.29) is 23.8 Å². The molecule has 202 valence electrons. The molecule has 3 aliphatic heterocycles. The van der Waals surface area contributed by atoms with Crippen LogP contribution < -0.4 is 5.32 Å². The molecule has 3 aromatic carbocycles. The molecule has 0 radical (unpaired) electrons. The maximum absolute atomic E-state index is 14.7. The van der Waals surface area contributed by atoms with E-state index in [0.717, 1.165) is 31.5 Å².